The first kappa shape index (κ1) is 17.3. The Hall–Kier alpha value is -0.0400. The van der Waals surface area contributed by atoms with Gasteiger partial charge < -0.3 is 5.73 Å². The van der Waals surface area contributed by atoms with Gasteiger partial charge in [0.25, 0.3) is 0 Å². The zero-order valence-electron chi connectivity index (χ0n) is 12.2. The van der Waals surface area contributed by atoms with Crippen LogP contribution >= 0.6 is 27.7 Å². The van der Waals surface area contributed by atoms with E-state index in [1.807, 2.05) is 12.1 Å². The van der Waals surface area contributed by atoms with Crippen molar-refractivity contribution < 1.29 is 8.42 Å². The van der Waals surface area contributed by atoms with E-state index in [0.29, 0.717) is 5.92 Å². The van der Waals surface area contributed by atoms with E-state index in [0.717, 1.165) is 35.9 Å². The van der Waals surface area contributed by atoms with Crippen molar-refractivity contribution in [2.24, 2.45) is 11.7 Å². The van der Waals surface area contributed by atoms with Crippen LogP contribution in [0.1, 0.15) is 25.7 Å². The molecule has 3 unspecified atom stereocenters. The van der Waals surface area contributed by atoms with Gasteiger partial charge in [0.1, 0.15) is 9.84 Å². The van der Waals surface area contributed by atoms with Gasteiger partial charge in [0.05, 0.1) is 5.25 Å². The van der Waals surface area contributed by atoms with Crippen LogP contribution in [-0.2, 0) is 9.84 Å². The highest BCUT2D eigenvalue weighted by molar-refractivity contribution is 9.10. The summed E-state index contributed by atoms with van der Waals surface area (Å²) in [5.74, 6) is 1.15. The summed E-state index contributed by atoms with van der Waals surface area (Å²) in [6.07, 6.45) is 4.88. The highest BCUT2D eigenvalue weighted by atomic mass is 79.9. The topological polar surface area (TPSA) is 60.2 Å². The number of benzene rings is 1. The third-order valence-corrected chi connectivity index (χ3v) is 7.39. The first-order chi connectivity index (χ1) is 9.86. The van der Waals surface area contributed by atoms with Crippen LogP contribution in [0, 0.1) is 5.92 Å². The molecule has 1 fully saturated rings. The average molecular weight is 392 g/mol. The summed E-state index contributed by atoms with van der Waals surface area (Å²) in [4.78, 5) is 1.19. The summed E-state index contributed by atoms with van der Waals surface area (Å²) in [6, 6.07) is 8.22. The average Bonchev–Trinajstić information content (AvgIpc) is 2.44. The predicted molar refractivity (Wildman–Crippen MR) is 93.4 cm³/mol. The highest BCUT2D eigenvalue weighted by Gasteiger charge is 2.31. The second-order valence-electron chi connectivity index (χ2n) is 5.81. The summed E-state index contributed by atoms with van der Waals surface area (Å²) >= 11 is 5.20. The quantitative estimate of drug-likeness (QED) is 0.780. The van der Waals surface area contributed by atoms with Gasteiger partial charge in [-0.05, 0) is 43.4 Å². The lowest BCUT2D eigenvalue weighted by molar-refractivity contribution is 0.319. The van der Waals surface area contributed by atoms with Crippen LogP contribution in [0.5, 0.6) is 0 Å². The number of hydrogen-bond donors (Lipinski definition) is 1. The minimum Gasteiger partial charge on any atom is -0.327 e. The molecule has 0 amide bonds. The molecule has 0 aliphatic heterocycles. The lowest BCUT2D eigenvalue weighted by Crippen LogP contribution is -2.39. The van der Waals surface area contributed by atoms with Crippen molar-refractivity contribution in [2.45, 2.75) is 41.9 Å². The molecule has 3 atom stereocenters. The molecule has 0 spiro atoms. The Morgan fingerprint density at radius 1 is 1.43 bits per heavy atom. The van der Waals surface area contributed by atoms with Gasteiger partial charge in [-0.25, -0.2) is 8.42 Å². The molecule has 0 heterocycles. The predicted octanol–water partition coefficient (Wildman–Crippen LogP) is 3.47. The molecular formula is C15H22BrNO2S2. The Balaban J connectivity index is 1.89. The van der Waals surface area contributed by atoms with Crippen molar-refractivity contribution in [3.63, 3.8) is 0 Å². The van der Waals surface area contributed by atoms with Gasteiger partial charge in [0, 0.05) is 27.4 Å². The van der Waals surface area contributed by atoms with Gasteiger partial charge in [-0.2, -0.15) is 0 Å². The van der Waals surface area contributed by atoms with Crippen LogP contribution in [0.4, 0.5) is 0 Å². The molecule has 6 heteroatoms. The summed E-state index contributed by atoms with van der Waals surface area (Å²) in [6.45, 7) is 0. The SMILES string of the molecule is CS(=O)(=O)C1CCCC(C(N)CSc2cccc(Br)c2)C1. The van der Waals surface area contributed by atoms with Crippen LogP contribution in [0.2, 0.25) is 0 Å². The molecule has 2 N–H and O–H groups in total. The van der Waals surface area contributed by atoms with E-state index in [1.54, 1.807) is 11.8 Å². The Kier molecular flexibility index (Phi) is 6.17. The van der Waals surface area contributed by atoms with E-state index in [4.69, 9.17) is 5.73 Å². The van der Waals surface area contributed by atoms with Crippen LogP contribution in [0.25, 0.3) is 0 Å². The molecule has 1 aromatic rings. The van der Waals surface area contributed by atoms with Crippen LogP contribution in [0.3, 0.4) is 0 Å². The third-order valence-electron chi connectivity index (χ3n) is 4.12. The van der Waals surface area contributed by atoms with E-state index in [2.05, 4.69) is 28.1 Å². The van der Waals surface area contributed by atoms with E-state index in [-0.39, 0.29) is 11.3 Å². The van der Waals surface area contributed by atoms with Gasteiger partial charge in [0.2, 0.25) is 0 Å². The maximum atomic E-state index is 11.7. The molecule has 21 heavy (non-hydrogen) atoms. The Labute approximate surface area is 140 Å². The fraction of sp³-hybridized carbons (Fsp3) is 0.600. The smallest absolute Gasteiger partial charge is 0.150 e. The first-order valence-electron chi connectivity index (χ1n) is 7.19. The number of sulfone groups is 1. The second kappa shape index (κ2) is 7.49. The Bertz CT molecular complexity index is 577. The van der Waals surface area contributed by atoms with Crippen LogP contribution in [0.15, 0.2) is 33.6 Å². The molecule has 2 rings (SSSR count). The highest BCUT2D eigenvalue weighted by Crippen LogP contribution is 2.32. The molecule has 3 nitrogen and oxygen atoms in total. The minimum atomic E-state index is -2.93. The molecule has 0 radical (unpaired) electrons. The van der Waals surface area contributed by atoms with Gasteiger partial charge in [-0.3, -0.25) is 0 Å². The van der Waals surface area contributed by atoms with Gasteiger partial charge in [-0.1, -0.05) is 28.4 Å². The fourth-order valence-electron chi connectivity index (χ4n) is 2.84. The summed E-state index contributed by atoms with van der Waals surface area (Å²) < 4.78 is 24.5. The molecule has 1 aliphatic rings. The molecule has 0 aromatic heterocycles. The van der Waals surface area contributed by atoms with Gasteiger partial charge in [0.15, 0.2) is 0 Å². The fourth-order valence-corrected chi connectivity index (χ4v) is 5.63. The maximum absolute atomic E-state index is 11.7. The van der Waals surface area contributed by atoms with Gasteiger partial charge >= 0.3 is 0 Å². The van der Waals surface area contributed by atoms with Crippen molar-refractivity contribution in [1.29, 1.82) is 0 Å². The molecular weight excluding hydrogens is 370 g/mol. The van der Waals surface area contributed by atoms with E-state index in [9.17, 15) is 8.42 Å². The van der Waals surface area contributed by atoms with E-state index < -0.39 is 9.84 Å². The molecule has 0 saturated heterocycles. The standard InChI is InChI=1S/C15H22BrNO2S2/c1-21(18,19)14-7-2-4-11(8-14)15(17)10-20-13-6-3-5-12(16)9-13/h3,5-6,9,11,14-15H,2,4,7-8,10,17H2,1H3. The molecule has 118 valence electrons. The summed E-state index contributed by atoms with van der Waals surface area (Å²) in [5, 5.41) is -0.196. The molecule has 1 aromatic carbocycles. The van der Waals surface area contributed by atoms with E-state index in [1.165, 1.54) is 11.2 Å². The van der Waals surface area contributed by atoms with Gasteiger partial charge in [-0.15, -0.1) is 11.8 Å². The maximum Gasteiger partial charge on any atom is 0.150 e. The van der Waals surface area contributed by atoms with Crippen molar-refractivity contribution in [3.05, 3.63) is 28.7 Å². The summed E-state index contributed by atoms with van der Waals surface area (Å²) in [5.41, 5.74) is 6.31. The zero-order valence-corrected chi connectivity index (χ0v) is 15.4. The van der Waals surface area contributed by atoms with Crippen LogP contribution in [-0.4, -0.2) is 31.7 Å². The zero-order chi connectivity index (χ0) is 15.5. The number of hydrogen-bond acceptors (Lipinski definition) is 4. The Morgan fingerprint density at radius 3 is 2.86 bits per heavy atom. The normalized spacial score (nSPS) is 24.7. The second-order valence-corrected chi connectivity index (χ2v) is 10.1. The van der Waals surface area contributed by atoms with Crippen molar-refractivity contribution in [1.82, 2.24) is 0 Å². The van der Waals surface area contributed by atoms with Crippen molar-refractivity contribution >= 4 is 37.5 Å². The van der Waals surface area contributed by atoms with Crippen molar-refractivity contribution in [2.75, 3.05) is 12.0 Å². The molecule has 1 saturated carbocycles. The van der Waals surface area contributed by atoms with Crippen LogP contribution < -0.4 is 5.73 Å². The summed E-state index contributed by atoms with van der Waals surface area (Å²) in [7, 11) is -2.93. The number of nitrogens with two attached hydrogens (primary N) is 1. The number of thioether (sulfide) groups is 1. The monoisotopic (exact) mass is 391 g/mol. The Morgan fingerprint density at radius 2 is 2.19 bits per heavy atom. The lowest BCUT2D eigenvalue weighted by Gasteiger charge is -2.31. The largest absolute Gasteiger partial charge is 0.327 e. The minimum absolute atomic E-state index is 0.0542. The van der Waals surface area contributed by atoms with E-state index >= 15 is 0 Å². The number of halogens is 1. The molecule has 1 aliphatic carbocycles. The van der Waals surface area contributed by atoms with Crippen molar-refractivity contribution in [3.8, 4) is 0 Å². The number of rotatable bonds is 5. The molecule has 0 bridgehead atoms. The lowest BCUT2D eigenvalue weighted by atomic mass is 9.84. The third kappa shape index (κ3) is 5.27. The first-order valence-corrected chi connectivity index (χ1v) is 10.9.